The van der Waals surface area contributed by atoms with Crippen LogP contribution >= 0.6 is 11.6 Å². The minimum Gasteiger partial charge on any atom is -0.477 e. The number of halogens is 1. The van der Waals surface area contributed by atoms with Crippen molar-refractivity contribution in [1.29, 1.82) is 0 Å². The molecule has 0 bridgehead atoms. The van der Waals surface area contributed by atoms with Gasteiger partial charge < -0.3 is 9.84 Å². The van der Waals surface area contributed by atoms with E-state index in [0.29, 0.717) is 28.6 Å². The molecule has 10 nitrogen and oxygen atoms in total. The van der Waals surface area contributed by atoms with E-state index < -0.39 is 17.3 Å². The second-order valence-corrected chi connectivity index (χ2v) is 8.70. The molecule has 0 aliphatic rings. The summed E-state index contributed by atoms with van der Waals surface area (Å²) in [6.45, 7) is 3.88. The van der Waals surface area contributed by atoms with Gasteiger partial charge in [0.1, 0.15) is 11.5 Å². The van der Waals surface area contributed by atoms with Crippen LogP contribution in [-0.2, 0) is 6.54 Å². The third-order valence-corrected chi connectivity index (χ3v) is 5.93. The Morgan fingerprint density at radius 1 is 1.11 bits per heavy atom. The van der Waals surface area contributed by atoms with Crippen LogP contribution in [-0.4, -0.2) is 30.2 Å². The Morgan fingerprint density at radius 3 is 2.46 bits per heavy atom. The summed E-state index contributed by atoms with van der Waals surface area (Å²) in [5.41, 5.74) is 0.224. The summed E-state index contributed by atoms with van der Waals surface area (Å²) in [5.74, 6) is -0.400. The molecular formula is C26H24ClN5O5. The molecule has 4 aromatic rings. The Labute approximate surface area is 216 Å². The molecule has 4 rings (SSSR count). The van der Waals surface area contributed by atoms with Gasteiger partial charge in [-0.2, -0.15) is 0 Å². The number of H-pyrrole nitrogens is 1. The van der Waals surface area contributed by atoms with Crippen LogP contribution in [0.15, 0.2) is 81.4 Å². The molecule has 0 saturated carbocycles. The van der Waals surface area contributed by atoms with E-state index in [1.54, 1.807) is 61.5 Å². The van der Waals surface area contributed by atoms with Crippen LogP contribution in [0.4, 0.5) is 5.69 Å². The largest absolute Gasteiger partial charge is 0.477 e. The van der Waals surface area contributed by atoms with Crippen LogP contribution in [0.5, 0.6) is 11.5 Å². The van der Waals surface area contributed by atoms with Gasteiger partial charge in [0.2, 0.25) is 5.62 Å². The van der Waals surface area contributed by atoms with Crippen molar-refractivity contribution in [2.75, 3.05) is 0 Å². The molecule has 0 saturated heterocycles. The van der Waals surface area contributed by atoms with Gasteiger partial charge in [-0.25, -0.2) is 28.9 Å². The zero-order valence-corrected chi connectivity index (χ0v) is 20.8. The quantitative estimate of drug-likeness (QED) is 0.358. The Bertz CT molecular complexity index is 1600. The predicted molar refractivity (Wildman–Crippen MR) is 138 cm³/mol. The van der Waals surface area contributed by atoms with Gasteiger partial charge in [0.15, 0.2) is 5.69 Å². The first-order valence-electron chi connectivity index (χ1n) is 11.5. The molecule has 2 aromatic carbocycles. The SMILES string of the molecule is CC[C@@H](C)n1c(=O)[nH]/c(=N\c2ccc(Oc3ccnc(C(=O)O)c3)cc2)n(Cc2ccc(Cl)cc2)c1=O. The van der Waals surface area contributed by atoms with Crippen LogP contribution in [0, 0.1) is 0 Å². The third kappa shape index (κ3) is 6.04. The predicted octanol–water partition coefficient (Wildman–Crippen LogP) is 4.13. The van der Waals surface area contributed by atoms with Crippen LogP contribution in [0.2, 0.25) is 5.02 Å². The number of aromatic amines is 1. The number of carbonyl (C=O) groups is 1. The van der Waals surface area contributed by atoms with Crippen molar-refractivity contribution < 1.29 is 14.6 Å². The highest BCUT2D eigenvalue weighted by Gasteiger charge is 2.14. The van der Waals surface area contributed by atoms with E-state index in [1.165, 1.54) is 21.4 Å². The molecule has 0 spiro atoms. The fourth-order valence-corrected chi connectivity index (χ4v) is 3.67. The number of hydrogen-bond acceptors (Lipinski definition) is 6. The summed E-state index contributed by atoms with van der Waals surface area (Å²) in [4.78, 5) is 48.3. The van der Waals surface area contributed by atoms with E-state index in [4.69, 9.17) is 21.4 Å². The van der Waals surface area contributed by atoms with Gasteiger partial charge in [-0.15, -0.1) is 0 Å². The summed E-state index contributed by atoms with van der Waals surface area (Å²) >= 11 is 6.00. The number of rotatable bonds is 8. The number of ether oxygens (including phenoxy) is 1. The molecule has 0 aliphatic heterocycles. The average molecular weight is 522 g/mol. The van der Waals surface area contributed by atoms with Gasteiger partial charge in [0.05, 0.1) is 12.2 Å². The van der Waals surface area contributed by atoms with Crippen molar-refractivity contribution in [2.24, 2.45) is 4.99 Å². The summed E-state index contributed by atoms with van der Waals surface area (Å²) in [7, 11) is 0. The number of pyridine rings is 1. The molecule has 2 aromatic heterocycles. The van der Waals surface area contributed by atoms with Crippen LogP contribution in [0.1, 0.15) is 42.4 Å². The highest BCUT2D eigenvalue weighted by Crippen LogP contribution is 2.24. The summed E-state index contributed by atoms with van der Waals surface area (Å²) in [5, 5.41) is 9.67. The topological polar surface area (TPSA) is 132 Å². The highest BCUT2D eigenvalue weighted by molar-refractivity contribution is 6.30. The second kappa shape index (κ2) is 11.1. The first kappa shape index (κ1) is 25.6. The van der Waals surface area contributed by atoms with Crippen molar-refractivity contribution in [3.63, 3.8) is 0 Å². The first-order valence-corrected chi connectivity index (χ1v) is 11.8. The molecule has 0 amide bonds. The zero-order valence-electron chi connectivity index (χ0n) is 20.1. The molecule has 0 aliphatic carbocycles. The van der Waals surface area contributed by atoms with Crippen molar-refractivity contribution in [3.05, 3.63) is 110 Å². The van der Waals surface area contributed by atoms with E-state index in [1.807, 2.05) is 6.92 Å². The van der Waals surface area contributed by atoms with Crippen LogP contribution in [0.3, 0.4) is 0 Å². The number of carboxylic acid groups (broad SMARTS) is 1. The number of hydrogen-bond donors (Lipinski definition) is 2. The van der Waals surface area contributed by atoms with Crippen molar-refractivity contribution >= 4 is 23.3 Å². The standard InChI is InChI=1S/C26H24ClN5O5/c1-3-16(2)32-25(35)30-24(31(26(32)36)15-17-4-6-18(27)7-5-17)29-19-8-10-20(11-9-19)37-21-12-13-28-22(14-21)23(33)34/h4-14,16H,3,15H2,1-2H3,(H,33,34)(H,29,30,35)/t16-/m1/s1. The summed E-state index contributed by atoms with van der Waals surface area (Å²) < 4.78 is 8.30. The molecular weight excluding hydrogens is 498 g/mol. The van der Waals surface area contributed by atoms with E-state index in [9.17, 15) is 14.4 Å². The number of nitrogens with zero attached hydrogens (tertiary/aromatic N) is 4. The second-order valence-electron chi connectivity index (χ2n) is 8.27. The van der Waals surface area contributed by atoms with Gasteiger partial charge >= 0.3 is 17.3 Å². The fraction of sp³-hybridized carbons (Fsp3) is 0.192. The van der Waals surface area contributed by atoms with Gasteiger partial charge in [0, 0.05) is 23.3 Å². The number of aromatic nitrogens is 4. The molecule has 2 N–H and O–H groups in total. The van der Waals surface area contributed by atoms with Crippen LogP contribution < -0.4 is 21.7 Å². The lowest BCUT2D eigenvalue weighted by Crippen LogP contribution is -2.50. The molecule has 0 fully saturated rings. The maximum atomic E-state index is 13.4. The Kier molecular flexibility index (Phi) is 7.69. The Hall–Kier alpha value is -4.44. The van der Waals surface area contributed by atoms with Gasteiger partial charge in [0.25, 0.3) is 0 Å². The van der Waals surface area contributed by atoms with Crippen molar-refractivity contribution in [2.45, 2.75) is 32.9 Å². The van der Waals surface area contributed by atoms with E-state index in [0.717, 1.165) is 5.56 Å². The molecule has 190 valence electrons. The highest BCUT2D eigenvalue weighted by atomic mass is 35.5. The third-order valence-electron chi connectivity index (χ3n) is 5.67. The lowest BCUT2D eigenvalue weighted by molar-refractivity contribution is 0.0690. The van der Waals surface area contributed by atoms with Crippen LogP contribution in [0.25, 0.3) is 0 Å². The number of nitrogens with one attached hydrogen (secondary N) is 1. The van der Waals surface area contributed by atoms with E-state index in [-0.39, 0.29) is 23.9 Å². The summed E-state index contributed by atoms with van der Waals surface area (Å²) in [6, 6.07) is 16.2. The van der Waals surface area contributed by atoms with Gasteiger partial charge in [-0.1, -0.05) is 30.7 Å². The Balaban J connectivity index is 1.72. The number of aromatic carboxylic acids is 1. The molecule has 2 heterocycles. The molecule has 0 radical (unpaired) electrons. The average Bonchev–Trinajstić information content (AvgIpc) is 2.88. The number of benzene rings is 2. The maximum Gasteiger partial charge on any atom is 0.354 e. The van der Waals surface area contributed by atoms with Crippen molar-refractivity contribution in [1.82, 2.24) is 19.1 Å². The normalized spacial score (nSPS) is 12.4. The van der Waals surface area contributed by atoms with Crippen molar-refractivity contribution in [3.8, 4) is 11.5 Å². The number of carboxylic acids is 1. The minimum atomic E-state index is -1.16. The van der Waals surface area contributed by atoms with Gasteiger partial charge in [-0.05, 0) is 61.4 Å². The maximum absolute atomic E-state index is 13.4. The fourth-order valence-electron chi connectivity index (χ4n) is 3.54. The molecule has 1 atom stereocenters. The molecule has 11 heteroatoms. The van der Waals surface area contributed by atoms with Gasteiger partial charge in [-0.3, -0.25) is 9.55 Å². The lowest BCUT2D eigenvalue weighted by Gasteiger charge is -2.15. The first-order chi connectivity index (χ1) is 17.7. The smallest absolute Gasteiger partial charge is 0.354 e. The monoisotopic (exact) mass is 521 g/mol. The van der Waals surface area contributed by atoms with E-state index >= 15 is 0 Å². The molecule has 37 heavy (non-hydrogen) atoms. The lowest BCUT2D eigenvalue weighted by atomic mass is 10.2. The minimum absolute atomic E-state index is 0.0957. The van der Waals surface area contributed by atoms with E-state index in [2.05, 4.69) is 15.0 Å². The Morgan fingerprint density at radius 2 is 1.81 bits per heavy atom. The molecule has 0 unspecified atom stereocenters. The summed E-state index contributed by atoms with van der Waals surface area (Å²) in [6.07, 6.45) is 1.95. The zero-order chi connectivity index (χ0) is 26.5.